The fraction of sp³-hybridized carbons (Fsp3) is 0.375. The predicted molar refractivity (Wildman–Crippen MR) is 49.5 cm³/mol. The van der Waals surface area contributed by atoms with Crippen LogP contribution in [0.25, 0.3) is 0 Å². The van der Waals surface area contributed by atoms with Crippen molar-refractivity contribution in [2.24, 2.45) is 0 Å². The first-order valence-corrected chi connectivity index (χ1v) is 4.81. The van der Waals surface area contributed by atoms with Gasteiger partial charge in [-0.2, -0.15) is 0 Å². The number of hydrogen-bond acceptors (Lipinski definition) is 4. The van der Waals surface area contributed by atoms with Gasteiger partial charge in [0.05, 0.1) is 18.5 Å². The van der Waals surface area contributed by atoms with Crippen LogP contribution >= 0.6 is 11.3 Å². The maximum Gasteiger partial charge on any atom is 0.204 e. The molecule has 0 saturated heterocycles. The predicted octanol–water partition coefficient (Wildman–Crippen LogP) is 0.240. The Bertz CT molecular complexity index is 357. The van der Waals surface area contributed by atoms with Crippen molar-refractivity contribution in [2.45, 2.75) is 13.3 Å². The van der Waals surface area contributed by atoms with Gasteiger partial charge in [0.15, 0.2) is 0 Å². The van der Waals surface area contributed by atoms with Crippen LogP contribution in [0.3, 0.4) is 0 Å². The topological polar surface area (TPSA) is 49.6 Å². The maximum atomic E-state index is 11.0. The lowest BCUT2D eigenvalue weighted by atomic mass is 10.2. The third-order valence-electron chi connectivity index (χ3n) is 1.89. The number of likely N-dealkylation sites (N-methyl/N-ethyl adjacent to an activating group) is 1. The molecule has 0 saturated carbocycles. The number of allylic oxidation sites excluding steroid dienone is 1. The fourth-order valence-electron chi connectivity index (χ4n) is 1.21. The molecule has 0 fully saturated rings. The van der Waals surface area contributed by atoms with Crippen molar-refractivity contribution in [3.63, 3.8) is 0 Å². The Kier molecular flexibility index (Phi) is 2.07. The lowest BCUT2D eigenvalue weighted by molar-refractivity contribution is -0.784. The van der Waals surface area contributed by atoms with Gasteiger partial charge in [-0.25, -0.2) is 4.98 Å². The standard InChI is InChI=1S/C8H10N2O2S/c1-5-9-7-3-6(10(2)11)4-12-8(7)13-5/h4,10H,3H2,1-2H3. The van der Waals surface area contributed by atoms with E-state index < -0.39 is 0 Å². The van der Waals surface area contributed by atoms with Gasteiger partial charge in [-0.05, 0) is 6.92 Å². The molecule has 4 nitrogen and oxygen atoms in total. The summed E-state index contributed by atoms with van der Waals surface area (Å²) in [5.74, 6) is 0. The van der Waals surface area contributed by atoms with Gasteiger partial charge >= 0.3 is 0 Å². The molecule has 1 unspecified atom stereocenters. The number of rotatable bonds is 1. The van der Waals surface area contributed by atoms with Crippen LogP contribution in [0, 0.1) is 12.1 Å². The number of quaternary nitrogens is 1. The SMILES string of the molecule is Cc1nc2c(s1)OC=C([NH+](C)[O-])C2. The molecule has 0 spiro atoms. The number of fused-ring (bicyclic) bond motifs is 1. The van der Waals surface area contributed by atoms with Crippen molar-refractivity contribution >= 4 is 11.3 Å². The number of thiazole rings is 1. The first kappa shape index (κ1) is 8.68. The lowest BCUT2D eigenvalue weighted by Gasteiger charge is -2.20. The molecule has 1 aromatic rings. The van der Waals surface area contributed by atoms with Crippen molar-refractivity contribution in [1.82, 2.24) is 4.98 Å². The average molecular weight is 198 g/mol. The van der Waals surface area contributed by atoms with Crippen molar-refractivity contribution in [3.8, 4) is 5.06 Å². The van der Waals surface area contributed by atoms with E-state index in [9.17, 15) is 5.21 Å². The van der Waals surface area contributed by atoms with Gasteiger partial charge in [0.1, 0.15) is 17.7 Å². The Morgan fingerprint density at radius 1 is 1.69 bits per heavy atom. The summed E-state index contributed by atoms with van der Waals surface area (Å²) in [4.78, 5) is 4.28. The number of aryl methyl sites for hydroxylation is 1. The van der Waals surface area contributed by atoms with Crippen LogP contribution < -0.4 is 9.80 Å². The molecule has 0 aliphatic carbocycles. The smallest absolute Gasteiger partial charge is 0.204 e. The van der Waals surface area contributed by atoms with Crippen LogP contribution in [-0.4, -0.2) is 12.0 Å². The van der Waals surface area contributed by atoms with Crippen molar-refractivity contribution in [3.05, 3.63) is 27.9 Å². The molecule has 1 aliphatic heterocycles. The van der Waals surface area contributed by atoms with Crippen LogP contribution in [0.1, 0.15) is 10.7 Å². The third-order valence-corrected chi connectivity index (χ3v) is 2.79. The van der Waals surface area contributed by atoms with Crippen molar-refractivity contribution < 1.29 is 9.80 Å². The molecular formula is C8H10N2O2S. The summed E-state index contributed by atoms with van der Waals surface area (Å²) in [6.45, 7) is 1.93. The van der Waals surface area contributed by atoms with E-state index in [0.717, 1.165) is 15.8 Å². The molecule has 0 bridgehead atoms. The van der Waals surface area contributed by atoms with E-state index in [1.807, 2.05) is 6.92 Å². The van der Waals surface area contributed by atoms with Crippen LogP contribution in [0.15, 0.2) is 12.0 Å². The molecular weight excluding hydrogens is 188 g/mol. The van der Waals surface area contributed by atoms with Crippen LogP contribution in [0.2, 0.25) is 0 Å². The quantitative estimate of drug-likeness (QED) is 0.658. The number of aromatic nitrogens is 1. The highest BCUT2D eigenvalue weighted by atomic mass is 32.1. The van der Waals surface area contributed by atoms with Gasteiger partial charge in [-0.1, -0.05) is 11.3 Å². The molecule has 1 aliphatic rings. The van der Waals surface area contributed by atoms with Crippen molar-refractivity contribution in [2.75, 3.05) is 7.05 Å². The summed E-state index contributed by atoms with van der Waals surface area (Å²) >= 11 is 1.51. The van der Waals surface area contributed by atoms with Crippen LogP contribution in [0.4, 0.5) is 0 Å². The Morgan fingerprint density at radius 2 is 2.46 bits per heavy atom. The molecule has 0 amide bonds. The van der Waals surface area contributed by atoms with Crippen LogP contribution in [-0.2, 0) is 6.42 Å². The van der Waals surface area contributed by atoms with E-state index in [0.29, 0.717) is 12.1 Å². The molecule has 70 valence electrons. The van der Waals surface area contributed by atoms with Crippen molar-refractivity contribution in [1.29, 1.82) is 0 Å². The van der Waals surface area contributed by atoms with Gasteiger partial charge in [0, 0.05) is 0 Å². The number of hydrogen-bond donors (Lipinski definition) is 1. The minimum Gasteiger partial charge on any atom is -0.629 e. The molecule has 1 N–H and O–H groups in total. The van der Waals surface area contributed by atoms with Gasteiger partial charge in [-0.3, -0.25) is 0 Å². The zero-order chi connectivity index (χ0) is 9.42. The second-order valence-corrected chi connectivity index (χ2v) is 4.13. The maximum absolute atomic E-state index is 11.0. The third kappa shape index (κ3) is 1.58. The monoisotopic (exact) mass is 198 g/mol. The van der Waals surface area contributed by atoms with E-state index in [4.69, 9.17) is 4.74 Å². The Morgan fingerprint density at radius 3 is 3.15 bits per heavy atom. The second-order valence-electron chi connectivity index (χ2n) is 2.96. The summed E-state index contributed by atoms with van der Waals surface area (Å²) in [6.07, 6.45) is 2.14. The lowest BCUT2D eigenvalue weighted by Crippen LogP contribution is -3.02. The Hall–Kier alpha value is -0.910. The molecule has 13 heavy (non-hydrogen) atoms. The Labute approximate surface area is 80.0 Å². The average Bonchev–Trinajstić information content (AvgIpc) is 2.42. The second kappa shape index (κ2) is 3.10. The van der Waals surface area contributed by atoms with E-state index in [1.165, 1.54) is 17.6 Å². The highest BCUT2D eigenvalue weighted by Gasteiger charge is 2.19. The Balaban J connectivity index is 2.26. The van der Waals surface area contributed by atoms with E-state index in [2.05, 4.69) is 4.98 Å². The highest BCUT2D eigenvalue weighted by molar-refractivity contribution is 7.13. The number of hydroxylamine groups is 2. The van der Waals surface area contributed by atoms with Gasteiger partial charge in [0.2, 0.25) is 5.06 Å². The first-order valence-electron chi connectivity index (χ1n) is 4.00. The first-order chi connectivity index (χ1) is 6.16. The zero-order valence-corrected chi connectivity index (χ0v) is 8.27. The zero-order valence-electron chi connectivity index (χ0n) is 7.46. The van der Waals surface area contributed by atoms with E-state index in [1.54, 1.807) is 7.05 Å². The summed E-state index contributed by atoms with van der Waals surface area (Å²) in [7, 11) is 1.54. The fourth-order valence-corrected chi connectivity index (χ4v) is 1.97. The summed E-state index contributed by atoms with van der Waals surface area (Å²) in [5.41, 5.74) is 1.58. The molecule has 0 aromatic carbocycles. The van der Waals surface area contributed by atoms with Gasteiger partial charge < -0.3 is 15.0 Å². The summed E-state index contributed by atoms with van der Waals surface area (Å²) < 4.78 is 5.29. The van der Waals surface area contributed by atoms with E-state index in [-0.39, 0.29) is 5.06 Å². The molecule has 5 heteroatoms. The normalized spacial score (nSPS) is 17.3. The van der Waals surface area contributed by atoms with Gasteiger partial charge in [0.25, 0.3) is 0 Å². The minimum atomic E-state index is 0.0521. The molecule has 1 atom stereocenters. The highest BCUT2D eigenvalue weighted by Crippen LogP contribution is 2.30. The largest absolute Gasteiger partial charge is 0.629 e. The van der Waals surface area contributed by atoms with Gasteiger partial charge in [-0.15, -0.1) is 0 Å². The van der Waals surface area contributed by atoms with E-state index >= 15 is 0 Å². The number of nitrogens with one attached hydrogen (secondary N) is 1. The molecule has 2 heterocycles. The minimum absolute atomic E-state index is 0.0521. The number of ether oxygens (including phenoxy) is 1. The molecule has 2 rings (SSSR count). The summed E-state index contributed by atoms with van der Waals surface area (Å²) in [6, 6.07) is 0. The van der Waals surface area contributed by atoms with Crippen LogP contribution in [0.5, 0.6) is 5.06 Å². The molecule has 0 radical (unpaired) electrons. The summed E-state index contributed by atoms with van der Waals surface area (Å²) in [5, 5.41) is 12.9. The number of nitrogens with zero attached hydrogens (tertiary/aromatic N) is 1. The molecule has 1 aromatic heterocycles.